The lowest BCUT2D eigenvalue weighted by atomic mass is 9.55. The van der Waals surface area contributed by atoms with E-state index in [1.54, 1.807) is 24.3 Å². The largest absolute Gasteiger partial charge is 0.493 e. The average Bonchev–Trinajstić information content (AvgIpc) is 2.93. The Balaban J connectivity index is 2.03. The first-order valence-corrected chi connectivity index (χ1v) is 12.6. The first kappa shape index (κ1) is 28.8. The van der Waals surface area contributed by atoms with Gasteiger partial charge in [0.15, 0.2) is 28.4 Å². The normalized spacial score (nSPS) is 21.2. The molecule has 0 amide bonds. The van der Waals surface area contributed by atoms with Crippen molar-refractivity contribution in [2.75, 3.05) is 42.7 Å². The van der Waals surface area contributed by atoms with Crippen LogP contribution >= 0.6 is 0 Å². The molecule has 1 heterocycles. The highest BCUT2D eigenvalue weighted by Crippen LogP contribution is 2.60. The Bertz CT molecular complexity index is 1180. The molecule has 1 saturated carbocycles. The molecule has 2 aromatic rings. The first-order chi connectivity index (χ1) is 19.0. The lowest BCUT2D eigenvalue weighted by Gasteiger charge is -2.50. The standard InChI is InChI=1S/C29H34O11/c1-28(2)39-26(31)29(27(32)40-28)18(15-9-20(33-3)24(37-7)21(10-15)34-4)13-17(30)14-19(29)16-11-22(35-5)25(38-8)23(12-16)36-6/h9-12,18-19H,13-14H2,1-8H3/t18-,19+. The van der Waals surface area contributed by atoms with Gasteiger partial charge in [-0.05, 0) is 35.4 Å². The molecule has 0 aromatic heterocycles. The monoisotopic (exact) mass is 558 g/mol. The minimum Gasteiger partial charge on any atom is -0.493 e. The van der Waals surface area contributed by atoms with Crippen LogP contribution in [0.25, 0.3) is 0 Å². The van der Waals surface area contributed by atoms with Gasteiger partial charge < -0.3 is 37.9 Å². The summed E-state index contributed by atoms with van der Waals surface area (Å²) in [7, 11) is 8.73. The number of Topliss-reactive ketones (excluding diaryl/α,β-unsaturated/α-hetero) is 1. The lowest BCUT2D eigenvalue weighted by molar-refractivity contribution is -0.256. The second-order valence-corrected chi connectivity index (χ2v) is 10.0. The molecule has 0 bridgehead atoms. The van der Waals surface area contributed by atoms with Crippen LogP contribution in [0, 0.1) is 5.41 Å². The van der Waals surface area contributed by atoms with E-state index >= 15 is 0 Å². The topological polar surface area (TPSA) is 125 Å². The number of carbonyl (C=O) groups is 3. The van der Waals surface area contributed by atoms with Gasteiger partial charge in [0.25, 0.3) is 5.79 Å². The third-order valence-electron chi connectivity index (χ3n) is 7.49. The molecular weight excluding hydrogens is 524 g/mol. The molecule has 2 fully saturated rings. The van der Waals surface area contributed by atoms with Crippen LogP contribution < -0.4 is 28.4 Å². The van der Waals surface area contributed by atoms with Gasteiger partial charge in [0, 0.05) is 38.5 Å². The molecule has 1 aliphatic heterocycles. The molecule has 1 saturated heterocycles. The van der Waals surface area contributed by atoms with Crippen molar-refractivity contribution in [2.24, 2.45) is 5.41 Å². The van der Waals surface area contributed by atoms with E-state index in [0.29, 0.717) is 45.6 Å². The van der Waals surface area contributed by atoms with Gasteiger partial charge in [-0.2, -0.15) is 0 Å². The highest BCUT2D eigenvalue weighted by atomic mass is 16.7. The second-order valence-electron chi connectivity index (χ2n) is 10.0. The van der Waals surface area contributed by atoms with Crippen LogP contribution in [0.4, 0.5) is 0 Å². The maximum atomic E-state index is 14.1. The number of benzene rings is 2. The van der Waals surface area contributed by atoms with E-state index in [1.807, 2.05) is 0 Å². The van der Waals surface area contributed by atoms with E-state index < -0.39 is 35.0 Å². The SMILES string of the molecule is COc1cc([C@H]2CC(=O)C[C@@H](c3cc(OC)c(OC)c(OC)c3)C23C(=O)OC(C)(C)OC3=O)cc(OC)c1OC. The van der Waals surface area contributed by atoms with E-state index in [1.165, 1.54) is 56.5 Å². The van der Waals surface area contributed by atoms with Crippen molar-refractivity contribution in [2.45, 2.75) is 44.3 Å². The first-order valence-electron chi connectivity index (χ1n) is 12.6. The predicted octanol–water partition coefficient (Wildman–Crippen LogP) is 3.79. The third kappa shape index (κ3) is 4.52. The molecule has 4 rings (SSSR count). The summed E-state index contributed by atoms with van der Waals surface area (Å²) in [5, 5.41) is 0. The number of methoxy groups -OCH3 is 6. The number of rotatable bonds is 8. The number of carbonyl (C=O) groups excluding carboxylic acids is 3. The van der Waals surface area contributed by atoms with Crippen LogP contribution in [0.2, 0.25) is 0 Å². The van der Waals surface area contributed by atoms with Crippen LogP contribution in [0.1, 0.15) is 49.7 Å². The number of ketones is 1. The van der Waals surface area contributed by atoms with Crippen molar-refractivity contribution < 1.29 is 52.3 Å². The lowest BCUT2D eigenvalue weighted by Crippen LogP contribution is -2.61. The number of hydrogen-bond donors (Lipinski definition) is 0. The van der Waals surface area contributed by atoms with Gasteiger partial charge in [-0.1, -0.05) is 0 Å². The molecule has 2 atom stereocenters. The summed E-state index contributed by atoms with van der Waals surface area (Å²) in [6, 6.07) is 6.50. The van der Waals surface area contributed by atoms with Gasteiger partial charge in [0.1, 0.15) is 5.78 Å². The molecule has 0 N–H and O–H groups in total. The molecule has 40 heavy (non-hydrogen) atoms. The molecule has 11 heteroatoms. The van der Waals surface area contributed by atoms with Crippen molar-refractivity contribution in [1.82, 2.24) is 0 Å². The average molecular weight is 559 g/mol. The van der Waals surface area contributed by atoms with Crippen LogP contribution in [-0.4, -0.2) is 66.2 Å². The van der Waals surface area contributed by atoms with Gasteiger partial charge in [-0.25, -0.2) is 0 Å². The summed E-state index contributed by atoms with van der Waals surface area (Å²) in [4.78, 5) is 41.6. The van der Waals surface area contributed by atoms with Crippen LogP contribution in [-0.2, 0) is 23.9 Å². The van der Waals surface area contributed by atoms with Crippen molar-refractivity contribution in [3.63, 3.8) is 0 Å². The summed E-state index contributed by atoms with van der Waals surface area (Å²) in [6.45, 7) is 2.96. The summed E-state index contributed by atoms with van der Waals surface area (Å²) >= 11 is 0. The van der Waals surface area contributed by atoms with Crippen LogP contribution in [0.15, 0.2) is 24.3 Å². The third-order valence-corrected chi connectivity index (χ3v) is 7.49. The van der Waals surface area contributed by atoms with E-state index in [-0.39, 0.29) is 18.6 Å². The summed E-state index contributed by atoms with van der Waals surface area (Å²) in [5.74, 6) is -3.45. The number of cyclic esters (lactones) is 2. The van der Waals surface area contributed by atoms with E-state index in [4.69, 9.17) is 37.9 Å². The second kappa shape index (κ2) is 10.8. The highest BCUT2D eigenvalue weighted by molar-refractivity contribution is 6.06. The highest BCUT2D eigenvalue weighted by Gasteiger charge is 2.67. The molecule has 0 unspecified atom stereocenters. The van der Waals surface area contributed by atoms with Crippen LogP contribution in [0.3, 0.4) is 0 Å². The smallest absolute Gasteiger partial charge is 0.328 e. The van der Waals surface area contributed by atoms with Gasteiger partial charge >= 0.3 is 11.9 Å². The summed E-state index contributed by atoms with van der Waals surface area (Å²) < 4.78 is 44.5. The van der Waals surface area contributed by atoms with Crippen molar-refractivity contribution in [1.29, 1.82) is 0 Å². The zero-order valence-corrected chi connectivity index (χ0v) is 23.9. The van der Waals surface area contributed by atoms with Gasteiger partial charge in [-0.15, -0.1) is 0 Å². The number of esters is 2. The van der Waals surface area contributed by atoms with Crippen molar-refractivity contribution in [3.05, 3.63) is 35.4 Å². The molecule has 216 valence electrons. The van der Waals surface area contributed by atoms with Gasteiger partial charge in [0.2, 0.25) is 11.5 Å². The molecule has 2 aromatic carbocycles. The Morgan fingerprint density at radius 2 is 0.925 bits per heavy atom. The maximum absolute atomic E-state index is 14.1. The van der Waals surface area contributed by atoms with Gasteiger partial charge in [-0.3, -0.25) is 14.4 Å². The Morgan fingerprint density at radius 1 is 0.600 bits per heavy atom. The minimum absolute atomic E-state index is 0.135. The Labute approximate surface area is 232 Å². The zero-order valence-electron chi connectivity index (χ0n) is 23.9. The number of hydrogen-bond acceptors (Lipinski definition) is 11. The van der Waals surface area contributed by atoms with Crippen molar-refractivity contribution in [3.8, 4) is 34.5 Å². The molecule has 0 radical (unpaired) electrons. The van der Waals surface area contributed by atoms with E-state index in [9.17, 15) is 14.4 Å². The Morgan fingerprint density at radius 3 is 1.20 bits per heavy atom. The molecule has 1 spiro atoms. The summed E-state index contributed by atoms with van der Waals surface area (Å²) in [6.07, 6.45) is -0.269. The van der Waals surface area contributed by atoms with E-state index in [0.717, 1.165) is 0 Å². The number of ether oxygens (including phenoxy) is 8. The fourth-order valence-corrected chi connectivity index (χ4v) is 5.76. The minimum atomic E-state index is -1.95. The van der Waals surface area contributed by atoms with Crippen molar-refractivity contribution >= 4 is 17.7 Å². The molecule has 11 nitrogen and oxygen atoms in total. The fraction of sp³-hybridized carbons (Fsp3) is 0.483. The Kier molecular flexibility index (Phi) is 7.78. The molecular formula is C29H34O11. The summed E-state index contributed by atoms with van der Waals surface area (Å²) in [5.41, 5.74) is -1.07. The van der Waals surface area contributed by atoms with E-state index in [2.05, 4.69) is 0 Å². The van der Waals surface area contributed by atoms with Gasteiger partial charge in [0.05, 0.1) is 42.7 Å². The fourth-order valence-electron chi connectivity index (χ4n) is 5.76. The predicted molar refractivity (Wildman–Crippen MR) is 141 cm³/mol. The maximum Gasteiger partial charge on any atom is 0.328 e. The quantitative estimate of drug-likeness (QED) is 0.347. The molecule has 2 aliphatic rings. The molecule has 1 aliphatic carbocycles. The zero-order chi connectivity index (χ0) is 29.4. The van der Waals surface area contributed by atoms with Crippen LogP contribution in [0.5, 0.6) is 34.5 Å². The Hall–Kier alpha value is -4.15.